The Balaban J connectivity index is 1.59. The van der Waals surface area contributed by atoms with Gasteiger partial charge in [0.05, 0.1) is 0 Å². The van der Waals surface area contributed by atoms with Crippen LogP contribution in [0, 0.1) is 0 Å². The van der Waals surface area contributed by atoms with Gasteiger partial charge < -0.3 is 15.0 Å². The van der Waals surface area contributed by atoms with Gasteiger partial charge in [0.2, 0.25) is 5.91 Å². The highest BCUT2D eigenvalue weighted by atomic mass is 35.5. The van der Waals surface area contributed by atoms with Crippen LogP contribution in [0.25, 0.3) is 0 Å². The van der Waals surface area contributed by atoms with E-state index in [0.717, 1.165) is 36.8 Å². The Hall–Kier alpha value is -3.31. The maximum absolute atomic E-state index is 13.6. The lowest BCUT2D eigenvalue weighted by Gasteiger charge is -2.32. The second-order valence-electron chi connectivity index (χ2n) is 8.95. The van der Waals surface area contributed by atoms with E-state index in [-0.39, 0.29) is 24.5 Å². The summed E-state index contributed by atoms with van der Waals surface area (Å²) >= 11 is 6.07. The average Bonchev–Trinajstić information content (AvgIpc) is 3.39. The summed E-state index contributed by atoms with van der Waals surface area (Å²) in [6.45, 7) is 0.128. The fraction of sp³-hybridized carbons (Fsp3) is 0.310. The third-order valence-corrected chi connectivity index (χ3v) is 6.56. The van der Waals surface area contributed by atoms with Gasteiger partial charge in [0, 0.05) is 24.0 Å². The lowest BCUT2D eigenvalue weighted by molar-refractivity contribution is -0.143. The summed E-state index contributed by atoms with van der Waals surface area (Å²) in [7, 11) is 0. The monoisotopic (exact) mass is 490 g/mol. The van der Waals surface area contributed by atoms with E-state index in [4.69, 9.17) is 16.3 Å². The molecule has 0 saturated heterocycles. The van der Waals surface area contributed by atoms with Crippen molar-refractivity contribution in [3.63, 3.8) is 0 Å². The van der Waals surface area contributed by atoms with Gasteiger partial charge >= 0.3 is 0 Å². The SMILES string of the molecule is O=C(NC1CCCC1)C(Cc1ccccc1)N(Cc1ccccc1)C(=O)COc1cccc(Cl)c1. The van der Waals surface area contributed by atoms with E-state index in [1.807, 2.05) is 60.7 Å². The van der Waals surface area contributed by atoms with E-state index >= 15 is 0 Å². The first-order valence-electron chi connectivity index (χ1n) is 12.1. The van der Waals surface area contributed by atoms with Crippen molar-refractivity contribution in [2.45, 2.75) is 50.7 Å². The van der Waals surface area contributed by atoms with Gasteiger partial charge in [0.25, 0.3) is 5.91 Å². The Labute approximate surface area is 212 Å². The number of amides is 2. The highest BCUT2D eigenvalue weighted by Gasteiger charge is 2.32. The Morgan fingerprint density at radius 1 is 0.914 bits per heavy atom. The molecule has 1 N–H and O–H groups in total. The first-order valence-corrected chi connectivity index (χ1v) is 12.5. The maximum atomic E-state index is 13.6. The van der Waals surface area contributed by atoms with E-state index in [1.54, 1.807) is 29.2 Å². The molecule has 0 heterocycles. The number of hydrogen-bond acceptors (Lipinski definition) is 3. The summed E-state index contributed by atoms with van der Waals surface area (Å²) in [5.41, 5.74) is 1.95. The molecule has 4 rings (SSSR count). The van der Waals surface area contributed by atoms with Crippen LogP contribution in [-0.4, -0.2) is 35.4 Å². The molecule has 35 heavy (non-hydrogen) atoms. The average molecular weight is 491 g/mol. The standard InChI is InChI=1S/C29H31ClN2O3/c30-24-14-9-17-26(19-24)35-21-28(33)32(20-23-12-5-2-6-13-23)27(18-22-10-3-1-4-11-22)29(34)31-25-15-7-8-16-25/h1-6,9-14,17,19,25,27H,7-8,15-16,18,20-21H2,(H,31,34). The number of nitrogens with zero attached hydrogens (tertiary/aromatic N) is 1. The summed E-state index contributed by atoms with van der Waals surface area (Å²) in [4.78, 5) is 28.8. The predicted octanol–water partition coefficient (Wildman–Crippen LogP) is 5.42. The Kier molecular flexibility index (Phi) is 8.79. The van der Waals surface area contributed by atoms with Gasteiger partial charge in [0.1, 0.15) is 11.8 Å². The van der Waals surface area contributed by atoms with Crippen molar-refractivity contribution in [2.24, 2.45) is 0 Å². The van der Waals surface area contributed by atoms with E-state index in [2.05, 4.69) is 5.32 Å². The third kappa shape index (κ3) is 7.33. The van der Waals surface area contributed by atoms with Gasteiger partial charge in [-0.1, -0.05) is 91.2 Å². The normalized spacial score (nSPS) is 14.3. The Morgan fingerprint density at radius 3 is 2.23 bits per heavy atom. The highest BCUT2D eigenvalue weighted by molar-refractivity contribution is 6.30. The van der Waals surface area contributed by atoms with E-state index < -0.39 is 6.04 Å². The molecule has 3 aromatic carbocycles. The first-order chi connectivity index (χ1) is 17.1. The summed E-state index contributed by atoms with van der Waals surface area (Å²) in [6.07, 6.45) is 4.63. The van der Waals surface area contributed by atoms with Crippen LogP contribution in [0.3, 0.4) is 0 Å². The van der Waals surface area contributed by atoms with E-state index in [9.17, 15) is 9.59 Å². The van der Waals surface area contributed by atoms with E-state index in [0.29, 0.717) is 23.7 Å². The highest BCUT2D eigenvalue weighted by Crippen LogP contribution is 2.21. The van der Waals surface area contributed by atoms with Crippen molar-refractivity contribution in [1.82, 2.24) is 10.2 Å². The van der Waals surface area contributed by atoms with Gasteiger partial charge in [-0.3, -0.25) is 9.59 Å². The molecule has 0 aliphatic heterocycles. The molecule has 3 aromatic rings. The molecular formula is C29H31ClN2O3. The molecule has 1 unspecified atom stereocenters. The number of benzene rings is 3. The molecule has 6 heteroatoms. The van der Waals surface area contributed by atoms with Crippen LogP contribution < -0.4 is 10.1 Å². The van der Waals surface area contributed by atoms with Crippen LogP contribution in [0.4, 0.5) is 0 Å². The van der Waals surface area contributed by atoms with Crippen molar-refractivity contribution in [3.05, 3.63) is 101 Å². The first kappa shape index (κ1) is 24.8. The number of halogens is 1. The number of carbonyl (C=O) groups is 2. The number of ether oxygens (including phenoxy) is 1. The number of rotatable bonds is 10. The number of hydrogen-bond donors (Lipinski definition) is 1. The second-order valence-corrected chi connectivity index (χ2v) is 9.39. The van der Waals surface area contributed by atoms with Gasteiger partial charge in [-0.25, -0.2) is 0 Å². The van der Waals surface area contributed by atoms with Crippen molar-refractivity contribution >= 4 is 23.4 Å². The largest absolute Gasteiger partial charge is 0.484 e. The minimum absolute atomic E-state index is 0.118. The minimum atomic E-state index is -0.659. The molecule has 0 spiro atoms. The van der Waals surface area contributed by atoms with Crippen LogP contribution in [-0.2, 0) is 22.6 Å². The number of nitrogens with one attached hydrogen (secondary N) is 1. The molecule has 1 aliphatic carbocycles. The number of carbonyl (C=O) groups excluding carboxylic acids is 2. The maximum Gasteiger partial charge on any atom is 0.261 e. The van der Waals surface area contributed by atoms with Gasteiger partial charge in [-0.05, 0) is 42.2 Å². The van der Waals surface area contributed by atoms with Crippen LogP contribution in [0.2, 0.25) is 5.02 Å². The second kappa shape index (κ2) is 12.4. The van der Waals surface area contributed by atoms with Gasteiger partial charge in [-0.15, -0.1) is 0 Å². The molecule has 1 aliphatic rings. The summed E-state index contributed by atoms with van der Waals surface area (Å²) < 4.78 is 5.77. The van der Waals surface area contributed by atoms with Crippen molar-refractivity contribution in [3.8, 4) is 5.75 Å². The topological polar surface area (TPSA) is 58.6 Å². The summed E-state index contributed by atoms with van der Waals surface area (Å²) in [6, 6.07) is 26.0. The fourth-order valence-electron chi connectivity index (χ4n) is 4.49. The molecule has 1 saturated carbocycles. The van der Waals surface area contributed by atoms with Crippen molar-refractivity contribution < 1.29 is 14.3 Å². The van der Waals surface area contributed by atoms with E-state index in [1.165, 1.54) is 0 Å². The molecule has 5 nitrogen and oxygen atoms in total. The van der Waals surface area contributed by atoms with Crippen LogP contribution in [0.1, 0.15) is 36.8 Å². The smallest absolute Gasteiger partial charge is 0.261 e. The molecule has 182 valence electrons. The molecule has 1 fully saturated rings. The minimum Gasteiger partial charge on any atom is -0.484 e. The zero-order valence-corrected chi connectivity index (χ0v) is 20.5. The summed E-state index contributed by atoms with van der Waals surface area (Å²) in [5, 5.41) is 3.75. The van der Waals surface area contributed by atoms with Crippen molar-refractivity contribution in [2.75, 3.05) is 6.61 Å². The third-order valence-electron chi connectivity index (χ3n) is 6.33. The molecule has 2 amide bonds. The zero-order valence-electron chi connectivity index (χ0n) is 19.7. The molecule has 0 radical (unpaired) electrons. The predicted molar refractivity (Wildman–Crippen MR) is 138 cm³/mol. The molecular weight excluding hydrogens is 460 g/mol. The lowest BCUT2D eigenvalue weighted by atomic mass is 10.0. The molecule has 1 atom stereocenters. The summed E-state index contributed by atoms with van der Waals surface area (Å²) in [5.74, 6) is 0.143. The Bertz CT molecular complexity index is 1100. The van der Waals surface area contributed by atoms with Crippen LogP contribution in [0.5, 0.6) is 5.75 Å². The molecule has 0 aromatic heterocycles. The van der Waals surface area contributed by atoms with Crippen LogP contribution in [0.15, 0.2) is 84.9 Å². The Morgan fingerprint density at radius 2 is 1.57 bits per heavy atom. The quantitative estimate of drug-likeness (QED) is 0.413. The van der Waals surface area contributed by atoms with Crippen LogP contribution >= 0.6 is 11.6 Å². The van der Waals surface area contributed by atoms with Gasteiger partial charge in [0.15, 0.2) is 6.61 Å². The molecule has 0 bridgehead atoms. The lowest BCUT2D eigenvalue weighted by Crippen LogP contribution is -2.53. The van der Waals surface area contributed by atoms with Gasteiger partial charge in [-0.2, -0.15) is 0 Å². The zero-order chi connectivity index (χ0) is 24.5. The van der Waals surface area contributed by atoms with Crippen molar-refractivity contribution in [1.29, 1.82) is 0 Å². The fourth-order valence-corrected chi connectivity index (χ4v) is 4.67.